The zero-order chi connectivity index (χ0) is 15.1. The molecule has 1 aromatic heterocycles. The number of furan rings is 1. The predicted octanol–water partition coefficient (Wildman–Crippen LogP) is 4.18. The summed E-state index contributed by atoms with van der Waals surface area (Å²) in [5.74, 6) is 2.07. The van der Waals surface area contributed by atoms with Crippen LogP contribution in [-0.4, -0.2) is 24.5 Å². The van der Waals surface area contributed by atoms with Gasteiger partial charge in [-0.15, -0.1) is 0 Å². The fourth-order valence-corrected chi connectivity index (χ4v) is 3.38. The Morgan fingerprint density at radius 1 is 1.24 bits per heavy atom. The highest BCUT2D eigenvalue weighted by molar-refractivity contribution is 5.12. The highest BCUT2D eigenvalue weighted by Gasteiger charge is 2.23. The van der Waals surface area contributed by atoms with Crippen molar-refractivity contribution in [2.75, 3.05) is 13.6 Å². The van der Waals surface area contributed by atoms with Gasteiger partial charge in [0.25, 0.3) is 0 Å². The van der Waals surface area contributed by atoms with E-state index in [9.17, 15) is 0 Å². The third kappa shape index (κ3) is 5.15. The van der Waals surface area contributed by atoms with Crippen molar-refractivity contribution < 1.29 is 4.42 Å². The zero-order valence-corrected chi connectivity index (χ0v) is 14.0. The predicted molar refractivity (Wildman–Crippen MR) is 88.2 cm³/mol. The van der Waals surface area contributed by atoms with E-state index in [0.29, 0.717) is 0 Å². The van der Waals surface area contributed by atoms with Crippen LogP contribution in [0.3, 0.4) is 0 Å². The molecule has 0 amide bonds. The van der Waals surface area contributed by atoms with Crippen molar-refractivity contribution in [1.29, 1.82) is 0 Å². The lowest BCUT2D eigenvalue weighted by molar-refractivity contribution is 0.149. The maximum atomic E-state index is 5.72. The molecule has 0 radical (unpaired) electrons. The second-order valence-electron chi connectivity index (χ2n) is 6.60. The lowest BCUT2D eigenvalue weighted by atomic mass is 9.84. The van der Waals surface area contributed by atoms with Crippen LogP contribution >= 0.6 is 0 Å². The summed E-state index contributed by atoms with van der Waals surface area (Å²) in [5, 5.41) is 3.42. The molecule has 1 N–H and O–H groups in total. The van der Waals surface area contributed by atoms with E-state index in [1.165, 1.54) is 44.1 Å². The molecule has 3 heteroatoms. The second kappa shape index (κ2) is 8.60. The Labute approximate surface area is 130 Å². The Morgan fingerprint density at radius 2 is 2.00 bits per heavy atom. The fraction of sp³-hybridized carbons (Fsp3) is 0.778. The Morgan fingerprint density at radius 3 is 2.67 bits per heavy atom. The third-order valence-corrected chi connectivity index (χ3v) is 4.89. The summed E-state index contributed by atoms with van der Waals surface area (Å²) in [6, 6.07) is 2.94. The summed E-state index contributed by atoms with van der Waals surface area (Å²) in [4.78, 5) is 2.48. The Bertz CT molecular complexity index is 394. The van der Waals surface area contributed by atoms with Gasteiger partial charge < -0.3 is 9.73 Å². The molecule has 0 saturated heterocycles. The van der Waals surface area contributed by atoms with Crippen LogP contribution < -0.4 is 5.32 Å². The molecule has 1 heterocycles. The molecule has 0 aromatic carbocycles. The first kappa shape index (κ1) is 16.6. The monoisotopic (exact) mass is 292 g/mol. The van der Waals surface area contributed by atoms with Crippen LogP contribution in [0.5, 0.6) is 0 Å². The van der Waals surface area contributed by atoms with Crippen LogP contribution in [0.1, 0.15) is 63.7 Å². The van der Waals surface area contributed by atoms with Crippen molar-refractivity contribution in [3.63, 3.8) is 0 Å². The smallest absolute Gasteiger partial charge is 0.118 e. The lowest BCUT2D eigenvalue weighted by Gasteiger charge is -2.34. The molecular weight excluding hydrogens is 260 g/mol. The molecule has 1 aliphatic rings. The summed E-state index contributed by atoms with van der Waals surface area (Å²) in [6.07, 6.45) is 9.92. The standard InChI is InChI=1S/C18H32N2O/c1-4-10-19-12-16-11-18(21-14-16)13-20(3)17-8-6-15(5-2)7-9-17/h11,14-15,17,19H,4-10,12-13H2,1-3H3. The minimum atomic E-state index is 0.736. The molecule has 1 fully saturated rings. The SMILES string of the molecule is CCCNCc1coc(CN(C)C2CCC(CC)CC2)c1. The van der Waals surface area contributed by atoms with Crippen LogP contribution in [0.4, 0.5) is 0 Å². The van der Waals surface area contributed by atoms with Crippen molar-refractivity contribution in [3.8, 4) is 0 Å². The van der Waals surface area contributed by atoms with Crippen molar-refractivity contribution in [1.82, 2.24) is 10.2 Å². The highest BCUT2D eigenvalue weighted by Crippen LogP contribution is 2.29. The Kier molecular flexibility index (Phi) is 6.78. The first-order valence-corrected chi connectivity index (χ1v) is 8.70. The summed E-state index contributed by atoms with van der Waals surface area (Å²) in [7, 11) is 2.24. The lowest BCUT2D eigenvalue weighted by Crippen LogP contribution is -2.34. The van der Waals surface area contributed by atoms with Gasteiger partial charge in [0.05, 0.1) is 12.8 Å². The average molecular weight is 292 g/mol. The minimum absolute atomic E-state index is 0.736. The number of hydrogen-bond acceptors (Lipinski definition) is 3. The number of rotatable bonds is 8. The van der Waals surface area contributed by atoms with Crippen LogP contribution in [0, 0.1) is 5.92 Å². The maximum Gasteiger partial charge on any atom is 0.118 e. The van der Waals surface area contributed by atoms with Gasteiger partial charge in [-0.2, -0.15) is 0 Å². The van der Waals surface area contributed by atoms with Crippen LogP contribution in [0.2, 0.25) is 0 Å². The van der Waals surface area contributed by atoms with Gasteiger partial charge in [0.15, 0.2) is 0 Å². The van der Waals surface area contributed by atoms with E-state index in [-0.39, 0.29) is 0 Å². The second-order valence-corrected chi connectivity index (χ2v) is 6.60. The van der Waals surface area contributed by atoms with E-state index in [4.69, 9.17) is 4.42 Å². The number of hydrogen-bond donors (Lipinski definition) is 1. The molecule has 3 nitrogen and oxygen atoms in total. The van der Waals surface area contributed by atoms with E-state index < -0.39 is 0 Å². The average Bonchev–Trinajstić information content (AvgIpc) is 2.95. The molecular formula is C18H32N2O. The highest BCUT2D eigenvalue weighted by atomic mass is 16.3. The topological polar surface area (TPSA) is 28.4 Å². The van der Waals surface area contributed by atoms with Gasteiger partial charge in [-0.05, 0) is 57.7 Å². The van der Waals surface area contributed by atoms with Gasteiger partial charge in [0, 0.05) is 18.2 Å². The molecule has 21 heavy (non-hydrogen) atoms. The van der Waals surface area contributed by atoms with Crippen LogP contribution in [-0.2, 0) is 13.1 Å². The molecule has 1 saturated carbocycles. The van der Waals surface area contributed by atoms with Gasteiger partial charge in [0.2, 0.25) is 0 Å². The van der Waals surface area contributed by atoms with Gasteiger partial charge in [-0.25, -0.2) is 0 Å². The van der Waals surface area contributed by atoms with Crippen molar-refractivity contribution in [3.05, 3.63) is 23.7 Å². The molecule has 2 rings (SSSR count). The third-order valence-electron chi connectivity index (χ3n) is 4.89. The van der Waals surface area contributed by atoms with Gasteiger partial charge in [0.1, 0.15) is 5.76 Å². The van der Waals surface area contributed by atoms with Crippen LogP contribution in [0.15, 0.2) is 16.7 Å². The summed E-state index contributed by atoms with van der Waals surface area (Å²) in [6.45, 7) is 7.45. The first-order valence-electron chi connectivity index (χ1n) is 8.70. The summed E-state index contributed by atoms with van der Waals surface area (Å²) in [5.41, 5.74) is 1.27. The van der Waals surface area contributed by atoms with Crippen LogP contribution in [0.25, 0.3) is 0 Å². The van der Waals surface area contributed by atoms with Gasteiger partial charge >= 0.3 is 0 Å². The van der Waals surface area contributed by atoms with Gasteiger partial charge in [-0.3, -0.25) is 4.90 Å². The largest absolute Gasteiger partial charge is 0.468 e. The van der Waals surface area contributed by atoms with Crippen molar-refractivity contribution >= 4 is 0 Å². The van der Waals surface area contributed by atoms with E-state index in [2.05, 4.69) is 37.2 Å². The molecule has 0 bridgehead atoms. The molecule has 0 aliphatic heterocycles. The Hall–Kier alpha value is -0.800. The maximum absolute atomic E-state index is 5.72. The number of nitrogens with one attached hydrogen (secondary N) is 1. The van der Waals surface area contributed by atoms with E-state index in [1.54, 1.807) is 0 Å². The summed E-state index contributed by atoms with van der Waals surface area (Å²) >= 11 is 0. The van der Waals surface area contributed by atoms with Gasteiger partial charge in [-0.1, -0.05) is 20.3 Å². The zero-order valence-electron chi connectivity index (χ0n) is 14.0. The van der Waals surface area contributed by atoms with Crippen molar-refractivity contribution in [2.45, 2.75) is 71.5 Å². The normalized spacial score (nSPS) is 22.9. The molecule has 1 aromatic rings. The molecule has 1 aliphatic carbocycles. The molecule has 0 unspecified atom stereocenters. The van der Waals surface area contributed by atoms with E-state index in [1.807, 2.05) is 6.26 Å². The first-order chi connectivity index (χ1) is 10.2. The minimum Gasteiger partial charge on any atom is -0.468 e. The molecule has 120 valence electrons. The molecule has 0 atom stereocenters. The van der Waals surface area contributed by atoms with E-state index >= 15 is 0 Å². The quantitative estimate of drug-likeness (QED) is 0.729. The number of nitrogens with zero attached hydrogens (tertiary/aromatic N) is 1. The molecule has 0 spiro atoms. The van der Waals surface area contributed by atoms with Crippen molar-refractivity contribution in [2.24, 2.45) is 5.92 Å². The summed E-state index contributed by atoms with van der Waals surface area (Å²) < 4.78 is 5.72. The van der Waals surface area contributed by atoms with E-state index in [0.717, 1.165) is 37.4 Å². The Balaban J connectivity index is 1.76. The fourth-order valence-electron chi connectivity index (χ4n) is 3.38.